The Bertz CT molecular complexity index is 1460. The van der Waals surface area contributed by atoms with Crippen molar-refractivity contribution >= 4 is 49.9 Å². The molecule has 0 fully saturated rings. The highest BCUT2D eigenvalue weighted by Crippen LogP contribution is 2.36. The van der Waals surface area contributed by atoms with E-state index in [0.717, 1.165) is 0 Å². The zero-order chi connectivity index (χ0) is 24.1. The highest BCUT2D eigenvalue weighted by Gasteiger charge is 2.13. The van der Waals surface area contributed by atoms with Crippen molar-refractivity contribution in [2.45, 2.75) is 6.54 Å². The molecule has 0 saturated heterocycles. The quantitative estimate of drug-likeness (QED) is 0.226. The maximum atomic E-state index is 12.8. The van der Waals surface area contributed by atoms with Gasteiger partial charge in [0.05, 0.1) is 28.8 Å². The van der Waals surface area contributed by atoms with Crippen molar-refractivity contribution in [1.82, 2.24) is 9.99 Å². The summed E-state index contributed by atoms with van der Waals surface area (Å²) in [5, 5.41) is 13.9. The largest absolute Gasteiger partial charge is 0.493 e. The number of aromatic nitrogens is 1. The minimum atomic E-state index is -0.352. The van der Waals surface area contributed by atoms with Gasteiger partial charge in [-0.25, -0.2) is 5.43 Å². The van der Waals surface area contributed by atoms with E-state index in [4.69, 9.17) is 14.7 Å². The molecule has 4 rings (SSSR count). The van der Waals surface area contributed by atoms with Crippen LogP contribution in [-0.4, -0.2) is 30.4 Å². The van der Waals surface area contributed by atoms with Gasteiger partial charge in [0.25, 0.3) is 5.91 Å². The van der Waals surface area contributed by atoms with Crippen LogP contribution in [0.25, 0.3) is 21.8 Å². The summed E-state index contributed by atoms with van der Waals surface area (Å²) in [4.78, 5) is 25.6. The second-order valence-electron chi connectivity index (χ2n) is 7.22. The lowest BCUT2D eigenvalue weighted by atomic mass is 10.1. The number of carbonyl (C=O) groups is 1. The number of nitriles is 1. The van der Waals surface area contributed by atoms with Gasteiger partial charge in [0.2, 0.25) is 0 Å². The molecule has 9 heteroatoms. The van der Waals surface area contributed by atoms with Crippen LogP contribution >= 0.6 is 15.9 Å². The summed E-state index contributed by atoms with van der Waals surface area (Å²) in [6.45, 7) is -0.139. The third-order valence-corrected chi connectivity index (χ3v) is 5.71. The molecule has 34 heavy (non-hydrogen) atoms. The lowest BCUT2D eigenvalue weighted by Gasteiger charge is -2.14. The number of hydrazone groups is 1. The summed E-state index contributed by atoms with van der Waals surface area (Å²) in [5.41, 5.74) is 4.46. The zero-order valence-corrected chi connectivity index (χ0v) is 19.7. The minimum Gasteiger partial charge on any atom is -0.493 e. The number of nitrogens with zero attached hydrogens (tertiary/aromatic N) is 3. The predicted molar refractivity (Wildman–Crippen MR) is 133 cm³/mol. The van der Waals surface area contributed by atoms with Crippen LogP contribution in [0, 0.1) is 11.3 Å². The summed E-state index contributed by atoms with van der Waals surface area (Å²) in [6.07, 6.45) is 1.47. The smallest absolute Gasteiger partial charge is 0.260 e. The van der Waals surface area contributed by atoms with Gasteiger partial charge in [-0.05, 0) is 57.9 Å². The van der Waals surface area contributed by atoms with E-state index in [1.54, 1.807) is 41.0 Å². The van der Waals surface area contributed by atoms with Gasteiger partial charge >= 0.3 is 0 Å². The van der Waals surface area contributed by atoms with Crippen molar-refractivity contribution in [2.24, 2.45) is 5.10 Å². The first-order valence-corrected chi connectivity index (χ1v) is 11.0. The molecule has 0 saturated carbocycles. The van der Waals surface area contributed by atoms with Gasteiger partial charge in [0.15, 0.2) is 23.5 Å². The third kappa shape index (κ3) is 4.63. The molecule has 0 unspecified atom stereocenters. The van der Waals surface area contributed by atoms with Crippen LogP contribution < -0.4 is 20.3 Å². The van der Waals surface area contributed by atoms with Crippen molar-refractivity contribution in [1.29, 1.82) is 5.26 Å². The fourth-order valence-electron chi connectivity index (χ4n) is 3.66. The molecule has 0 spiro atoms. The SMILES string of the molecule is COc1cc(/C=N/NC(=O)Cn2c3ccccc3c(=O)c3ccccc32)cc(Br)c1OCC#N. The van der Waals surface area contributed by atoms with Gasteiger partial charge in [0, 0.05) is 10.8 Å². The highest BCUT2D eigenvalue weighted by atomic mass is 79.9. The predicted octanol–water partition coefficient (Wildman–Crippen LogP) is 3.98. The van der Waals surface area contributed by atoms with Crippen LogP contribution in [0.1, 0.15) is 5.56 Å². The number of pyridine rings is 1. The molecular weight excluding hydrogens is 500 g/mol. The Morgan fingerprint density at radius 3 is 2.41 bits per heavy atom. The monoisotopic (exact) mass is 518 g/mol. The zero-order valence-electron chi connectivity index (χ0n) is 18.1. The molecule has 0 aliphatic carbocycles. The average molecular weight is 519 g/mol. The van der Waals surface area contributed by atoms with Crippen LogP contribution in [0.15, 0.2) is 75.0 Å². The second kappa shape index (κ2) is 10.2. The van der Waals surface area contributed by atoms with Gasteiger partial charge in [-0.1, -0.05) is 24.3 Å². The number of nitrogens with one attached hydrogen (secondary N) is 1. The fraction of sp³-hybridized carbons (Fsp3) is 0.120. The van der Waals surface area contributed by atoms with Crippen LogP contribution in [0.4, 0.5) is 0 Å². The molecule has 0 aliphatic rings. The maximum Gasteiger partial charge on any atom is 0.260 e. The number of carbonyl (C=O) groups excluding carboxylic acids is 1. The Kier molecular flexibility index (Phi) is 6.90. The number of benzene rings is 3. The Morgan fingerprint density at radius 1 is 1.15 bits per heavy atom. The summed E-state index contributed by atoms with van der Waals surface area (Å²) in [7, 11) is 1.49. The molecular formula is C25H19BrN4O4. The first kappa shape index (κ1) is 23.0. The van der Waals surface area contributed by atoms with E-state index in [-0.39, 0.29) is 24.5 Å². The van der Waals surface area contributed by atoms with Crippen molar-refractivity contribution in [3.05, 3.63) is 80.9 Å². The van der Waals surface area contributed by atoms with E-state index < -0.39 is 0 Å². The third-order valence-electron chi connectivity index (χ3n) is 5.12. The number of methoxy groups -OCH3 is 1. The summed E-state index contributed by atoms with van der Waals surface area (Å²) >= 11 is 3.39. The van der Waals surface area contributed by atoms with Gasteiger partial charge < -0.3 is 14.0 Å². The highest BCUT2D eigenvalue weighted by molar-refractivity contribution is 9.10. The van der Waals surface area contributed by atoms with Gasteiger partial charge in [-0.15, -0.1) is 0 Å². The van der Waals surface area contributed by atoms with E-state index in [2.05, 4.69) is 26.5 Å². The minimum absolute atomic E-state index is 0.0212. The van der Waals surface area contributed by atoms with Crippen molar-refractivity contribution in [2.75, 3.05) is 13.7 Å². The van der Waals surface area contributed by atoms with Crippen LogP contribution in [-0.2, 0) is 11.3 Å². The molecule has 4 aromatic rings. The molecule has 8 nitrogen and oxygen atoms in total. The first-order chi connectivity index (χ1) is 16.5. The van der Waals surface area contributed by atoms with Crippen molar-refractivity contribution in [3.63, 3.8) is 0 Å². The standard InChI is InChI=1S/C25H19BrN4O4/c1-33-22-13-16(12-19(26)25(22)34-11-10-27)14-28-29-23(31)15-30-20-8-4-2-6-17(20)24(32)18-7-3-5-9-21(18)30/h2-9,12-14H,11,15H2,1H3,(H,29,31)/b28-14+. The van der Waals surface area contributed by atoms with Gasteiger partial charge in [-0.2, -0.15) is 10.4 Å². The maximum absolute atomic E-state index is 12.8. The second-order valence-corrected chi connectivity index (χ2v) is 8.08. The van der Waals surface area contributed by atoms with Crippen LogP contribution in [0.5, 0.6) is 11.5 Å². The van der Waals surface area contributed by atoms with E-state index in [1.807, 2.05) is 30.3 Å². The number of hydrogen-bond acceptors (Lipinski definition) is 6. The summed E-state index contributed by atoms with van der Waals surface area (Å²) in [6, 6.07) is 19.7. The Hall–Kier alpha value is -4.16. The number of amides is 1. The van der Waals surface area contributed by atoms with Crippen molar-refractivity contribution in [3.8, 4) is 17.6 Å². The van der Waals surface area contributed by atoms with E-state index in [9.17, 15) is 9.59 Å². The van der Waals surface area contributed by atoms with Gasteiger partial charge in [-0.3, -0.25) is 9.59 Å². The fourth-order valence-corrected chi connectivity index (χ4v) is 4.24. The number of halogens is 1. The number of para-hydroxylation sites is 2. The Labute approximate surface area is 203 Å². The normalized spacial score (nSPS) is 11.0. The van der Waals surface area contributed by atoms with Gasteiger partial charge in [0.1, 0.15) is 12.6 Å². The molecule has 1 N–H and O–H groups in total. The number of rotatable bonds is 7. The molecule has 1 aromatic heterocycles. The molecule has 170 valence electrons. The molecule has 1 heterocycles. The number of fused-ring (bicyclic) bond motifs is 2. The molecule has 0 bridgehead atoms. The van der Waals surface area contributed by atoms with E-state index >= 15 is 0 Å². The number of hydrogen-bond donors (Lipinski definition) is 1. The molecule has 0 atom stereocenters. The first-order valence-electron chi connectivity index (χ1n) is 10.2. The lowest BCUT2D eigenvalue weighted by Crippen LogP contribution is -2.25. The Balaban J connectivity index is 1.57. The number of ether oxygens (including phenoxy) is 2. The molecule has 0 radical (unpaired) electrons. The summed E-state index contributed by atoms with van der Waals surface area (Å²) in [5.74, 6) is 0.473. The summed E-state index contributed by atoms with van der Waals surface area (Å²) < 4.78 is 13.1. The van der Waals surface area contributed by atoms with Crippen LogP contribution in [0.2, 0.25) is 0 Å². The average Bonchev–Trinajstić information content (AvgIpc) is 2.85. The molecule has 0 aliphatic heterocycles. The van der Waals surface area contributed by atoms with Crippen molar-refractivity contribution < 1.29 is 14.3 Å². The van der Waals surface area contributed by atoms with E-state index in [0.29, 0.717) is 43.3 Å². The topological polar surface area (TPSA) is 106 Å². The lowest BCUT2D eigenvalue weighted by molar-refractivity contribution is -0.121. The van der Waals surface area contributed by atoms with E-state index in [1.165, 1.54) is 13.3 Å². The molecule has 3 aromatic carbocycles. The Morgan fingerprint density at radius 2 is 1.79 bits per heavy atom. The van der Waals surface area contributed by atoms with Crippen LogP contribution in [0.3, 0.4) is 0 Å². The molecule has 1 amide bonds.